The molecule has 11 heavy (non-hydrogen) atoms. The van der Waals surface area contributed by atoms with Crippen molar-refractivity contribution < 1.29 is 9.84 Å². The Hall–Kier alpha value is -1.01. The van der Waals surface area contributed by atoms with Crippen molar-refractivity contribution >= 4 is 0 Å². The van der Waals surface area contributed by atoms with Crippen LogP contribution in [0.25, 0.3) is 0 Å². The van der Waals surface area contributed by atoms with Crippen molar-refractivity contribution in [2.24, 2.45) is 7.05 Å². The van der Waals surface area contributed by atoms with Gasteiger partial charge in [0, 0.05) is 7.11 Å². The van der Waals surface area contributed by atoms with Crippen LogP contribution in [0.1, 0.15) is 11.9 Å². The normalized spacial score (nSPS) is 13.4. The molecule has 0 saturated carbocycles. The van der Waals surface area contributed by atoms with Crippen LogP contribution in [0.15, 0.2) is 0 Å². The van der Waals surface area contributed by atoms with Crippen LogP contribution in [0.3, 0.4) is 0 Å². The van der Waals surface area contributed by atoms with Gasteiger partial charge in [-0.25, -0.2) is 0 Å². The summed E-state index contributed by atoms with van der Waals surface area (Å²) in [5, 5.41) is 20.2. The number of tetrazole rings is 1. The molecule has 1 atom stereocenters. The number of aliphatic hydroxyl groups is 1. The summed E-state index contributed by atoms with van der Waals surface area (Å²) >= 11 is 0. The number of hydrogen-bond acceptors (Lipinski definition) is 5. The van der Waals surface area contributed by atoms with Crippen LogP contribution in [0.5, 0.6) is 0 Å². The number of nitrogens with zero attached hydrogens (tertiary/aromatic N) is 4. The highest BCUT2D eigenvalue weighted by Crippen LogP contribution is 2.03. The van der Waals surface area contributed by atoms with Crippen molar-refractivity contribution in [2.75, 3.05) is 13.7 Å². The third-order valence-electron chi connectivity index (χ3n) is 1.15. The maximum Gasteiger partial charge on any atom is 0.205 e. The molecule has 0 bridgehead atoms. The third-order valence-corrected chi connectivity index (χ3v) is 1.15. The second kappa shape index (κ2) is 3.40. The molecule has 1 aromatic rings. The number of methoxy groups -OCH3 is 1. The number of rotatable bonds is 3. The summed E-state index contributed by atoms with van der Waals surface area (Å²) in [7, 11) is 3.13. The largest absolute Gasteiger partial charge is 0.383 e. The van der Waals surface area contributed by atoms with Crippen molar-refractivity contribution in [1.29, 1.82) is 0 Å². The second-order valence-electron chi connectivity index (χ2n) is 2.11. The molecule has 62 valence electrons. The zero-order valence-electron chi connectivity index (χ0n) is 6.43. The summed E-state index contributed by atoms with van der Waals surface area (Å²) in [5.74, 6) is 0.286. The van der Waals surface area contributed by atoms with Crippen molar-refractivity contribution in [3.63, 3.8) is 0 Å². The summed E-state index contributed by atoms with van der Waals surface area (Å²) in [4.78, 5) is 1.29. The Kier molecular flexibility index (Phi) is 2.50. The van der Waals surface area contributed by atoms with Crippen molar-refractivity contribution in [3.8, 4) is 0 Å². The van der Waals surface area contributed by atoms with E-state index in [1.165, 1.54) is 11.9 Å². The molecule has 0 aromatic carbocycles. The summed E-state index contributed by atoms with van der Waals surface area (Å²) in [6, 6.07) is 0. The third kappa shape index (κ3) is 1.95. The van der Waals surface area contributed by atoms with Gasteiger partial charge in [0.15, 0.2) is 0 Å². The molecule has 0 amide bonds. The van der Waals surface area contributed by atoms with Crippen molar-refractivity contribution in [3.05, 3.63) is 5.82 Å². The summed E-state index contributed by atoms with van der Waals surface area (Å²) in [6.45, 7) is 0.186. The topological polar surface area (TPSA) is 73.1 Å². The van der Waals surface area contributed by atoms with Gasteiger partial charge in [-0.2, -0.15) is 4.80 Å². The lowest BCUT2D eigenvalue weighted by Gasteiger charge is -2.01. The van der Waals surface area contributed by atoms with Gasteiger partial charge in [-0.05, 0) is 5.21 Å². The lowest BCUT2D eigenvalue weighted by molar-refractivity contribution is 0.0586. The van der Waals surface area contributed by atoms with Crippen LogP contribution in [-0.4, -0.2) is 39.0 Å². The van der Waals surface area contributed by atoms with Gasteiger partial charge in [0.1, 0.15) is 6.10 Å². The summed E-state index contributed by atoms with van der Waals surface area (Å²) in [5.41, 5.74) is 0. The second-order valence-corrected chi connectivity index (χ2v) is 2.11. The Morgan fingerprint density at radius 3 is 2.91 bits per heavy atom. The maximum absolute atomic E-state index is 9.23. The first-order valence-electron chi connectivity index (χ1n) is 3.15. The molecule has 1 N–H and O–H groups in total. The van der Waals surface area contributed by atoms with E-state index in [-0.39, 0.29) is 12.4 Å². The average Bonchev–Trinajstić information content (AvgIpc) is 2.36. The van der Waals surface area contributed by atoms with Crippen LogP contribution in [-0.2, 0) is 11.8 Å². The Morgan fingerprint density at radius 1 is 1.73 bits per heavy atom. The van der Waals surface area contributed by atoms with Gasteiger partial charge >= 0.3 is 0 Å². The number of aliphatic hydroxyl groups excluding tert-OH is 1. The Balaban J connectivity index is 2.60. The highest BCUT2D eigenvalue weighted by molar-refractivity contribution is 4.82. The molecule has 0 aliphatic heterocycles. The van der Waals surface area contributed by atoms with Crippen molar-refractivity contribution in [1.82, 2.24) is 20.2 Å². The average molecular weight is 158 g/mol. The minimum atomic E-state index is -0.784. The minimum absolute atomic E-state index is 0.186. The van der Waals surface area contributed by atoms with Crippen LogP contribution in [0.2, 0.25) is 0 Å². The molecular weight excluding hydrogens is 148 g/mol. The highest BCUT2D eigenvalue weighted by Gasteiger charge is 2.11. The molecular formula is C5H10N4O2. The molecule has 1 rings (SSSR count). The van der Waals surface area contributed by atoms with Crippen LogP contribution in [0, 0.1) is 0 Å². The molecule has 0 aliphatic carbocycles. The van der Waals surface area contributed by atoms with E-state index in [1.807, 2.05) is 0 Å². The quantitative estimate of drug-likeness (QED) is 0.603. The molecule has 0 spiro atoms. The summed E-state index contributed by atoms with van der Waals surface area (Å²) < 4.78 is 4.70. The molecule has 6 heteroatoms. The molecule has 1 aromatic heterocycles. The SMILES string of the molecule is COCC(O)c1nnn(C)n1. The molecule has 0 radical (unpaired) electrons. The first kappa shape index (κ1) is 8.09. The van der Waals surface area contributed by atoms with Gasteiger partial charge in [-0.15, -0.1) is 10.2 Å². The molecule has 1 unspecified atom stereocenters. The molecule has 0 aliphatic rings. The van der Waals surface area contributed by atoms with E-state index in [0.29, 0.717) is 0 Å². The van der Waals surface area contributed by atoms with E-state index in [0.717, 1.165) is 0 Å². The maximum atomic E-state index is 9.23. The fraction of sp³-hybridized carbons (Fsp3) is 0.800. The van der Waals surface area contributed by atoms with Crippen LogP contribution >= 0.6 is 0 Å². The molecule has 1 heterocycles. The highest BCUT2D eigenvalue weighted by atomic mass is 16.5. The lowest BCUT2D eigenvalue weighted by atomic mass is 10.4. The zero-order valence-corrected chi connectivity index (χ0v) is 6.43. The number of ether oxygens (including phenoxy) is 1. The molecule has 0 fully saturated rings. The Bertz CT molecular complexity index is 224. The Morgan fingerprint density at radius 2 is 2.45 bits per heavy atom. The van der Waals surface area contributed by atoms with Crippen molar-refractivity contribution in [2.45, 2.75) is 6.10 Å². The smallest absolute Gasteiger partial charge is 0.205 e. The van der Waals surface area contributed by atoms with Crippen LogP contribution < -0.4 is 0 Å². The van der Waals surface area contributed by atoms with Gasteiger partial charge < -0.3 is 9.84 Å². The predicted molar refractivity (Wildman–Crippen MR) is 35.6 cm³/mol. The number of aromatic nitrogens is 4. The first-order valence-corrected chi connectivity index (χ1v) is 3.15. The molecule has 6 nitrogen and oxygen atoms in total. The lowest BCUT2D eigenvalue weighted by Crippen LogP contribution is -2.07. The standard InChI is InChI=1S/C5H10N4O2/c1-9-7-5(6-8-9)4(10)3-11-2/h4,10H,3H2,1-2H3. The summed E-state index contributed by atoms with van der Waals surface area (Å²) in [6.07, 6.45) is -0.784. The van der Waals surface area contributed by atoms with E-state index in [4.69, 9.17) is 4.74 Å². The van der Waals surface area contributed by atoms with E-state index in [2.05, 4.69) is 15.4 Å². The van der Waals surface area contributed by atoms with E-state index < -0.39 is 6.10 Å². The van der Waals surface area contributed by atoms with E-state index >= 15 is 0 Å². The van der Waals surface area contributed by atoms with Gasteiger partial charge in [-0.3, -0.25) is 0 Å². The van der Waals surface area contributed by atoms with Crippen LogP contribution in [0.4, 0.5) is 0 Å². The Labute approximate surface area is 63.8 Å². The van der Waals surface area contributed by atoms with E-state index in [9.17, 15) is 5.11 Å². The zero-order chi connectivity index (χ0) is 8.27. The van der Waals surface area contributed by atoms with Gasteiger partial charge in [0.2, 0.25) is 5.82 Å². The minimum Gasteiger partial charge on any atom is -0.383 e. The predicted octanol–water partition coefficient (Wildman–Crippen LogP) is -1.11. The van der Waals surface area contributed by atoms with Gasteiger partial charge in [0.25, 0.3) is 0 Å². The fourth-order valence-electron chi connectivity index (χ4n) is 0.665. The van der Waals surface area contributed by atoms with Gasteiger partial charge in [0.05, 0.1) is 13.7 Å². The number of hydrogen-bond donors (Lipinski definition) is 1. The first-order chi connectivity index (χ1) is 5.24. The van der Waals surface area contributed by atoms with E-state index in [1.54, 1.807) is 7.05 Å². The number of aryl methyl sites for hydroxylation is 1. The molecule has 0 saturated heterocycles. The van der Waals surface area contributed by atoms with Gasteiger partial charge in [-0.1, -0.05) is 0 Å². The fourth-order valence-corrected chi connectivity index (χ4v) is 0.665. The monoisotopic (exact) mass is 158 g/mol.